The van der Waals surface area contributed by atoms with Crippen molar-refractivity contribution < 1.29 is 38.0 Å². The molecule has 0 aromatic heterocycles. The highest BCUT2D eigenvalue weighted by Crippen LogP contribution is 2.38. The van der Waals surface area contributed by atoms with Crippen molar-refractivity contribution in [3.8, 4) is 0 Å². The molecule has 0 aromatic carbocycles. The van der Waals surface area contributed by atoms with E-state index in [1.54, 1.807) is 0 Å². The van der Waals surface area contributed by atoms with E-state index in [-0.39, 0.29) is 18.9 Å². The van der Waals surface area contributed by atoms with E-state index in [1.807, 2.05) is 21.1 Å². The second kappa shape index (κ2) is 52.1. The van der Waals surface area contributed by atoms with E-state index in [9.17, 15) is 24.5 Å². The van der Waals surface area contributed by atoms with Crippen molar-refractivity contribution in [1.29, 1.82) is 0 Å². The fraction of sp³-hybridized carbons (Fsp3) is 0.885. The van der Waals surface area contributed by atoms with E-state index in [1.165, 1.54) is 218 Å². The van der Waals surface area contributed by atoms with Crippen LogP contribution < -0.4 is 10.2 Å². The van der Waals surface area contributed by atoms with Crippen molar-refractivity contribution in [1.82, 2.24) is 5.32 Å². The lowest BCUT2D eigenvalue weighted by atomic mass is 10.0. The van der Waals surface area contributed by atoms with Crippen molar-refractivity contribution in [2.75, 3.05) is 40.9 Å². The van der Waals surface area contributed by atoms with Crippen molar-refractivity contribution in [3.63, 3.8) is 0 Å². The first kappa shape index (κ1) is 69.7. The minimum Gasteiger partial charge on any atom is -0.756 e. The van der Waals surface area contributed by atoms with Gasteiger partial charge in [0.15, 0.2) is 0 Å². The SMILES string of the molecule is CCCCCCC/C=C\C/C=C\CCCCCCCCCCCCCCCCCCCCCCCCCC(=O)NC(COP(=O)([O-])OCC[N+](C)(C)C)C(O)C(O)CCC/C=C/CCCCCCCCC. The Kier molecular flexibility index (Phi) is 51.2. The molecule has 71 heavy (non-hydrogen) atoms. The van der Waals surface area contributed by atoms with Gasteiger partial charge in [-0.25, -0.2) is 0 Å². The standard InChI is InChI=1S/C61H119N2O7P/c1-6-8-10-12-14-16-18-20-21-22-23-24-25-26-27-28-29-30-31-32-33-34-35-36-37-38-39-40-41-42-44-46-48-50-52-54-60(65)62-58(57-70-71(67,68)69-56-55-63(3,4)5)61(66)59(64)53-51-49-47-45-43-19-17-15-13-11-9-7-2/h18,20,22-23,45,47,58-59,61,64,66H,6-17,19,21,24-44,46,48-57H2,1-5H3,(H-,62,65,67,68)/b20-18-,23-22-,47-45+. The van der Waals surface area contributed by atoms with Crippen LogP contribution in [0.4, 0.5) is 0 Å². The maximum atomic E-state index is 13.0. The number of allylic oxidation sites excluding steroid dienone is 6. The van der Waals surface area contributed by atoms with Crippen LogP contribution in [0.5, 0.6) is 0 Å². The third kappa shape index (κ3) is 53.3. The zero-order chi connectivity index (χ0) is 52.2. The molecule has 0 saturated heterocycles. The maximum absolute atomic E-state index is 13.0. The van der Waals surface area contributed by atoms with Crippen LogP contribution in [0.2, 0.25) is 0 Å². The molecule has 0 rings (SSSR count). The molecule has 0 heterocycles. The first-order valence-electron chi connectivity index (χ1n) is 30.4. The van der Waals surface area contributed by atoms with Crippen molar-refractivity contribution >= 4 is 13.7 Å². The molecule has 3 N–H and O–H groups in total. The highest BCUT2D eigenvalue weighted by Gasteiger charge is 2.29. The summed E-state index contributed by atoms with van der Waals surface area (Å²) in [6.45, 7) is 4.42. The summed E-state index contributed by atoms with van der Waals surface area (Å²) in [7, 11) is 1.12. The summed E-state index contributed by atoms with van der Waals surface area (Å²) in [6, 6.07) is -1.09. The second-order valence-corrected chi connectivity index (χ2v) is 23.6. The number of nitrogens with one attached hydrogen (secondary N) is 1. The first-order valence-corrected chi connectivity index (χ1v) is 31.9. The molecule has 0 fully saturated rings. The number of phosphoric acid groups is 1. The van der Waals surface area contributed by atoms with E-state index < -0.39 is 32.7 Å². The largest absolute Gasteiger partial charge is 0.756 e. The molecule has 10 heteroatoms. The molecular formula is C61H119N2O7P. The average molecular weight is 1020 g/mol. The normalized spacial score (nSPS) is 14.5. The number of aliphatic hydroxyl groups excluding tert-OH is 2. The van der Waals surface area contributed by atoms with Crippen LogP contribution in [0, 0.1) is 0 Å². The molecular weight excluding hydrogens is 904 g/mol. The molecule has 0 aliphatic carbocycles. The smallest absolute Gasteiger partial charge is 0.268 e. The summed E-state index contributed by atoms with van der Waals surface area (Å²) in [4.78, 5) is 25.5. The van der Waals surface area contributed by atoms with E-state index in [0.717, 1.165) is 32.1 Å². The molecule has 4 atom stereocenters. The molecule has 0 saturated carbocycles. The first-order chi connectivity index (χ1) is 34.4. The van der Waals surface area contributed by atoms with E-state index >= 15 is 0 Å². The minimum absolute atomic E-state index is 0.0445. The highest BCUT2D eigenvalue weighted by atomic mass is 31.2. The number of phosphoric ester groups is 1. The quantitative estimate of drug-likeness (QED) is 0.0240. The topological polar surface area (TPSA) is 128 Å². The molecule has 0 aliphatic heterocycles. The minimum atomic E-state index is -4.68. The third-order valence-corrected chi connectivity index (χ3v) is 14.9. The Labute approximate surface area is 440 Å². The molecule has 1 amide bonds. The van der Waals surface area contributed by atoms with Gasteiger partial charge in [-0.2, -0.15) is 0 Å². The number of hydrogen-bond donors (Lipinski definition) is 3. The number of unbranched alkanes of at least 4 members (excludes halogenated alkanes) is 36. The van der Waals surface area contributed by atoms with Crippen molar-refractivity contribution in [2.24, 2.45) is 0 Å². The lowest BCUT2D eigenvalue weighted by Gasteiger charge is -2.31. The molecule has 0 radical (unpaired) electrons. The third-order valence-electron chi connectivity index (χ3n) is 13.9. The van der Waals surface area contributed by atoms with Gasteiger partial charge in [-0.3, -0.25) is 9.36 Å². The van der Waals surface area contributed by atoms with Gasteiger partial charge in [0.2, 0.25) is 5.91 Å². The summed E-state index contributed by atoms with van der Waals surface area (Å²) in [5, 5.41) is 24.7. The highest BCUT2D eigenvalue weighted by molar-refractivity contribution is 7.45. The molecule has 0 bridgehead atoms. The van der Waals surface area contributed by atoms with Gasteiger partial charge in [0.05, 0.1) is 39.9 Å². The van der Waals surface area contributed by atoms with Crippen LogP contribution in [-0.2, 0) is 18.4 Å². The number of aliphatic hydroxyl groups is 2. The Morgan fingerprint density at radius 2 is 0.845 bits per heavy atom. The number of nitrogens with zero attached hydrogens (tertiary/aromatic N) is 1. The van der Waals surface area contributed by atoms with Gasteiger partial charge in [-0.1, -0.05) is 249 Å². The number of carbonyl (C=O) groups excluding carboxylic acids is 1. The fourth-order valence-electron chi connectivity index (χ4n) is 9.11. The van der Waals surface area contributed by atoms with Crippen LogP contribution in [0.25, 0.3) is 0 Å². The zero-order valence-electron chi connectivity index (χ0n) is 47.6. The molecule has 420 valence electrons. The van der Waals surface area contributed by atoms with Gasteiger partial charge in [0.25, 0.3) is 7.82 Å². The van der Waals surface area contributed by atoms with E-state index in [0.29, 0.717) is 30.3 Å². The summed E-state index contributed by atoms with van der Waals surface area (Å²) in [6.07, 6.45) is 63.8. The number of quaternary nitrogens is 1. The predicted octanol–water partition coefficient (Wildman–Crippen LogP) is 16.9. The van der Waals surface area contributed by atoms with Crippen LogP contribution >= 0.6 is 7.82 Å². The van der Waals surface area contributed by atoms with Crippen LogP contribution in [0.15, 0.2) is 36.5 Å². The van der Waals surface area contributed by atoms with Crippen LogP contribution in [-0.4, -0.2) is 79.8 Å². The Morgan fingerprint density at radius 1 is 0.507 bits per heavy atom. The fourth-order valence-corrected chi connectivity index (χ4v) is 9.83. The van der Waals surface area contributed by atoms with Gasteiger partial charge in [0, 0.05) is 6.42 Å². The summed E-state index contributed by atoms with van der Waals surface area (Å²) in [5.41, 5.74) is 0. The molecule has 0 aliphatic rings. The van der Waals surface area contributed by atoms with Crippen LogP contribution in [0.1, 0.15) is 290 Å². The molecule has 0 spiro atoms. The number of hydrogen-bond acceptors (Lipinski definition) is 7. The molecule has 9 nitrogen and oxygen atoms in total. The Bertz CT molecular complexity index is 1270. The van der Waals surface area contributed by atoms with Gasteiger partial charge < -0.3 is 34.0 Å². The lowest BCUT2D eigenvalue weighted by Crippen LogP contribution is -2.51. The van der Waals surface area contributed by atoms with Crippen molar-refractivity contribution in [2.45, 2.75) is 308 Å². The molecule has 4 unspecified atom stereocenters. The van der Waals surface area contributed by atoms with Gasteiger partial charge in [-0.05, 0) is 70.6 Å². The monoisotopic (exact) mass is 1020 g/mol. The summed E-state index contributed by atoms with van der Waals surface area (Å²) in [5.74, 6) is -0.284. The van der Waals surface area contributed by atoms with Gasteiger partial charge >= 0.3 is 0 Å². The molecule has 0 aromatic rings. The Hall–Kier alpha value is -1.32. The predicted molar refractivity (Wildman–Crippen MR) is 304 cm³/mol. The van der Waals surface area contributed by atoms with E-state index in [2.05, 4.69) is 55.6 Å². The zero-order valence-corrected chi connectivity index (χ0v) is 48.4. The van der Waals surface area contributed by atoms with Gasteiger partial charge in [0.1, 0.15) is 19.3 Å². The van der Waals surface area contributed by atoms with Crippen molar-refractivity contribution in [3.05, 3.63) is 36.5 Å². The number of carbonyl (C=O) groups is 1. The summed E-state index contributed by atoms with van der Waals surface area (Å²) >= 11 is 0. The number of likely N-dealkylation sites (N-methyl/N-ethyl adjacent to an activating group) is 1. The number of amides is 1. The number of rotatable bonds is 56. The average Bonchev–Trinajstić information content (AvgIpc) is 3.33. The second-order valence-electron chi connectivity index (χ2n) is 22.2. The lowest BCUT2D eigenvalue weighted by molar-refractivity contribution is -0.870. The van der Waals surface area contributed by atoms with E-state index in [4.69, 9.17) is 9.05 Å². The van der Waals surface area contributed by atoms with Crippen LogP contribution in [0.3, 0.4) is 0 Å². The summed E-state index contributed by atoms with van der Waals surface area (Å²) < 4.78 is 23.2. The Morgan fingerprint density at radius 3 is 1.23 bits per heavy atom. The maximum Gasteiger partial charge on any atom is 0.268 e. The Balaban J connectivity index is 4.01. The van der Waals surface area contributed by atoms with Gasteiger partial charge in [-0.15, -0.1) is 0 Å².